The van der Waals surface area contributed by atoms with Crippen LogP contribution in [0.3, 0.4) is 0 Å². The normalized spacial score (nSPS) is 12.0. The second-order valence-electron chi connectivity index (χ2n) is 6.41. The Bertz CT molecular complexity index is 715. The lowest BCUT2D eigenvalue weighted by molar-refractivity contribution is -0.121. The van der Waals surface area contributed by atoms with Crippen LogP contribution in [-0.2, 0) is 11.2 Å². The van der Waals surface area contributed by atoms with Gasteiger partial charge in [0.1, 0.15) is 5.75 Å². The summed E-state index contributed by atoms with van der Waals surface area (Å²) in [5.74, 6) is 0.875. The number of hydrogen-bond donors (Lipinski definition) is 1. The molecule has 1 amide bonds. The Kier molecular flexibility index (Phi) is 8.62. The number of nitrogens with one attached hydrogen (secondary N) is 1. The van der Waals surface area contributed by atoms with Crippen molar-refractivity contribution in [3.8, 4) is 5.75 Å². The minimum Gasteiger partial charge on any atom is -0.497 e. The minimum atomic E-state index is 0.0510. The highest BCUT2D eigenvalue weighted by atomic mass is 35.5. The molecule has 0 saturated heterocycles. The molecule has 0 aliphatic heterocycles. The van der Waals surface area contributed by atoms with Gasteiger partial charge in [0.2, 0.25) is 5.91 Å². The van der Waals surface area contributed by atoms with Gasteiger partial charge in [-0.05, 0) is 48.8 Å². The van der Waals surface area contributed by atoms with Crippen LogP contribution in [0.25, 0.3) is 0 Å². The molecule has 5 heteroatoms. The molecule has 2 aromatic carbocycles. The van der Waals surface area contributed by atoms with Gasteiger partial charge in [-0.3, -0.25) is 9.69 Å². The Morgan fingerprint density at radius 2 is 1.78 bits per heavy atom. The van der Waals surface area contributed by atoms with E-state index in [0.29, 0.717) is 19.4 Å². The number of carbonyl (C=O) groups excluding carboxylic acids is 1. The van der Waals surface area contributed by atoms with E-state index in [1.807, 2.05) is 48.5 Å². The number of likely N-dealkylation sites (N-methyl/N-ethyl adjacent to an activating group) is 1. The molecule has 0 radical (unpaired) electrons. The van der Waals surface area contributed by atoms with Crippen LogP contribution >= 0.6 is 11.6 Å². The van der Waals surface area contributed by atoms with Gasteiger partial charge >= 0.3 is 0 Å². The van der Waals surface area contributed by atoms with E-state index >= 15 is 0 Å². The summed E-state index contributed by atoms with van der Waals surface area (Å²) in [5.41, 5.74) is 2.18. The number of methoxy groups -OCH3 is 1. The maximum Gasteiger partial charge on any atom is 0.220 e. The topological polar surface area (TPSA) is 41.6 Å². The van der Waals surface area contributed by atoms with Crippen LogP contribution in [0.15, 0.2) is 48.5 Å². The van der Waals surface area contributed by atoms with Crippen LogP contribution in [-0.4, -0.2) is 37.6 Å². The number of aryl methyl sites for hydroxylation is 1. The molecule has 0 spiro atoms. The fourth-order valence-corrected chi connectivity index (χ4v) is 3.46. The first-order valence-corrected chi connectivity index (χ1v) is 9.84. The number of hydrogen-bond acceptors (Lipinski definition) is 3. The molecule has 0 aliphatic carbocycles. The number of amides is 1. The van der Waals surface area contributed by atoms with Gasteiger partial charge in [0, 0.05) is 18.0 Å². The van der Waals surface area contributed by atoms with Crippen LogP contribution in [0.2, 0.25) is 5.02 Å². The first kappa shape index (κ1) is 21.3. The Balaban J connectivity index is 1.95. The van der Waals surface area contributed by atoms with E-state index in [1.54, 1.807) is 7.11 Å². The monoisotopic (exact) mass is 388 g/mol. The van der Waals surface area contributed by atoms with Crippen LogP contribution in [0.4, 0.5) is 0 Å². The minimum absolute atomic E-state index is 0.0510. The van der Waals surface area contributed by atoms with E-state index in [9.17, 15) is 4.79 Å². The summed E-state index contributed by atoms with van der Waals surface area (Å²) >= 11 is 6.41. The third kappa shape index (κ3) is 6.26. The zero-order valence-corrected chi connectivity index (χ0v) is 17.1. The van der Waals surface area contributed by atoms with Gasteiger partial charge in [0.15, 0.2) is 0 Å². The summed E-state index contributed by atoms with van der Waals surface area (Å²) in [4.78, 5) is 14.7. The van der Waals surface area contributed by atoms with Gasteiger partial charge in [-0.25, -0.2) is 0 Å². The Morgan fingerprint density at radius 1 is 1.11 bits per heavy atom. The van der Waals surface area contributed by atoms with Crippen molar-refractivity contribution in [2.45, 2.75) is 32.7 Å². The van der Waals surface area contributed by atoms with E-state index in [-0.39, 0.29) is 11.9 Å². The number of nitrogens with zero attached hydrogens (tertiary/aromatic N) is 1. The van der Waals surface area contributed by atoms with Crippen molar-refractivity contribution < 1.29 is 9.53 Å². The molecule has 27 heavy (non-hydrogen) atoms. The molecule has 1 N–H and O–H groups in total. The molecule has 0 saturated carbocycles. The standard InChI is InChI=1S/C22H29ClN2O2/c1-4-25(5-2)21(19-8-6-7-9-20(19)23)16-24-22(26)15-12-17-10-13-18(27-3)14-11-17/h6-11,13-14,21H,4-5,12,15-16H2,1-3H3,(H,24,26). The second kappa shape index (κ2) is 11.0. The SMILES string of the molecule is CCN(CC)C(CNC(=O)CCc1ccc(OC)cc1)c1ccccc1Cl. The number of carbonyl (C=O) groups is 1. The smallest absolute Gasteiger partial charge is 0.220 e. The summed E-state index contributed by atoms with van der Waals surface area (Å²) < 4.78 is 5.16. The predicted octanol–water partition coefficient (Wildman–Crippen LogP) is 4.48. The number of ether oxygens (including phenoxy) is 1. The molecule has 0 fully saturated rings. The molecular formula is C22H29ClN2O2. The van der Waals surface area contributed by atoms with Gasteiger partial charge in [-0.1, -0.05) is 55.8 Å². The first-order chi connectivity index (χ1) is 13.1. The van der Waals surface area contributed by atoms with Crippen LogP contribution in [0.1, 0.15) is 37.4 Å². The summed E-state index contributed by atoms with van der Waals surface area (Å²) in [6.45, 7) is 6.59. The van der Waals surface area contributed by atoms with Crippen LogP contribution in [0.5, 0.6) is 5.75 Å². The fourth-order valence-electron chi connectivity index (χ4n) is 3.19. The molecule has 2 aromatic rings. The van der Waals surface area contributed by atoms with Crippen LogP contribution < -0.4 is 10.1 Å². The van der Waals surface area contributed by atoms with Gasteiger partial charge < -0.3 is 10.1 Å². The lowest BCUT2D eigenvalue weighted by Crippen LogP contribution is -2.38. The van der Waals surface area contributed by atoms with E-state index in [0.717, 1.165) is 35.0 Å². The number of halogens is 1. The molecule has 1 atom stereocenters. The Hall–Kier alpha value is -2.04. The molecule has 0 aromatic heterocycles. The largest absolute Gasteiger partial charge is 0.497 e. The van der Waals surface area contributed by atoms with Crippen molar-refractivity contribution >= 4 is 17.5 Å². The molecule has 0 bridgehead atoms. The molecular weight excluding hydrogens is 360 g/mol. The number of benzene rings is 2. The van der Waals surface area contributed by atoms with Gasteiger partial charge in [0.25, 0.3) is 0 Å². The molecule has 146 valence electrons. The van der Waals surface area contributed by atoms with Crippen molar-refractivity contribution in [2.24, 2.45) is 0 Å². The van der Waals surface area contributed by atoms with Crippen molar-refractivity contribution in [1.82, 2.24) is 10.2 Å². The average molecular weight is 389 g/mol. The Labute approximate surface area is 167 Å². The summed E-state index contributed by atoms with van der Waals surface area (Å²) in [5, 5.41) is 3.82. The Morgan fingerprint density at radius 3 is 2.37 bits per heavy atom. The molecule has 0 heterocycles. The predicted molar refractivity (Wildman–Crippen MR) is 111 cm³/mol. The molecule has 0 aliphatic rings. The quantitative estimate of drug-likeness (QED) is 0.652. The highest BCUT2D eigenvalue weighted by molar-refractivity contribution is 6.31. The van der Waals surface area contributed by atoms with Crippen molar-refractivity contribution in [2.75, 3.05) is 26.7 Å². The van der Waals surface area contributed by atoms with Crippen molar-refractivity contribution in [3.05, 3.63) is 64.7 Å². The fraction of sp³-hybridized carbons (Fsp3) is 0.409. The lowest BCUT2D eigenvalue weighted by atomic mass is 10.0. The van der Waals surface area contributed by atoms with Crippen molar-refractivity contribution in [3.63, 3.8) is 0 Å². The molecule has 1 unspecified atom stereocenters. The van der Waals surface area contributed by atoms with E-state index in [1.165, 1.54) is 0 Å². The second-order valence-corrected chi connectivity index (χ2v) is 6.82. The molecule has 2 rings (SSSR count). The highest BCUT2D eigenvalue weighted by Crippen LogP contribution is 2.27. The summed E-state index contributed by atoms with van der Waals surface area (Å²) in [6, 6.07) is 15.7. The van der Waals surface area contributed by atoms with E-state index < -0.39 is 0 Å². The zero-order valence-electron chi connectivity index (χ0n) is 16.4. The third-order valence-corrected chi connectivity index (χ3v) is 5.15. The van der Waals surface area contributed by atoms with E-state index in [4.69, 9.17) is 16.3 Å². The van der Waals surface area contributed by atoms with Crippen LogP contribution in [0, 0.1) is 0 Å². The van der Waals surface area contributed by atoms with Crippen molar-refractivity contribution in [1.29, 1.82) is 0 Å². The third-order valence-electron chi connectivity index (χ3n) is 4.81. The van der Waals surface area contributed by atoms with Gasteiger partial charge in [-0.2, -0.15) is 0 Å². The summed E-state index contributed by atoms with van der Waals surface area (Å²) in [7, 11) is 1.65. The van der Waals surface area contributed by atoms with E-state index in [2.05, 4.69) is 24.1 Å². The highest BCUT2D eigenvalue weighted by Gasteiger charge is 2.20. The number of rotatable bonds is 10. The first-order valence-electron chi connectivity index (χ1n) is 9.47. The maximum absolute atomic E-state index is 12.4. The zero-order chi connectivity index (χ0) is 19.6. The van der Waals surface area contributed by atoms with Gasteiger partial charge in [0.05, 0.1) is 13.2 Å². The lowest BCUT2D eigenvalue weighted by Gasteiger charge is -2.31. The maximum atomic E-state index is 12.4. The summed E-state index contributed by atoms with van der Waals surface area (Å²) in [6.07, 6.45) is 1.16. The average Bonchev–Trinajstić information content (AvgIpc) is 2.70. The van der Waals surface area contributed by atoms with Gasteiger partial charge in [-0.15, -0.1) is 0 Å². The molecule has 4 nitrogen and oxygen atoms in total.